The molecule has 0 unspecified atom stereocenters. The monoisotopic (exact) mass is 334 g/mol. The molecule has 3 aromatic rings. The van der Waals surface area contributed by atoms with Gasteiger partial charge in [0.05, 0.1) is 11.2 Å². The average Bonchev–Trinajstić information content (AvgIpc) is 2.41. The summed E-state index contributed by atoms with van der Waals surface area (Å²) in [6.45, 7) is 0. The van der Waals surface area contributed by atoms with Crippen LogP contribution in [0.2, 0.25) is 0 Å². The van der Waals surface area contributed by atoms with Crippen molar-refractivity contribution in [1.29, 1.82) is 0 Å². The molecular weight excluding hydrogens is 326 g/mol. The lowest BCUT2D eigenvalue weighted by Crippen LogP contribution is -1.96. The van der Waals surface area contributed by atoms with Crippen LogP contribution in [0, 0.1) is 11.6 Å². The first-order chi connectivity index (χ1) is 9.63. The maximum absolute atomic E-state index is 13.7. The zero-order chi connectivity index (χ0) is 14.1. The van der Waals surface area contributed by atoms with Gasteiger partial charge in [0.15, 0.2) is 0 Å². The summed E-state index contributed by atoms with van der Waals surface area (Å²) >= 11 is 3.38. The van der Waals surface area contributed by atoms with Crippen LogP contribution in [0.5, 0.6) is 0 Å². The third-order valence-corrected chi connectivity index (χ3v) is 3.40. The first kappa shape index (κ1) is 13.0. The lowest BCUT2D eigenvalue weighted by atomic mass is 10.2. The molecule has 0 atom stereocenters. The van der Waals surface area contributed by atoms with Crippen molar-refractivity contribution in [3.05, 3.63) is 64.8 Å². The number of fused-ring (bicyclic) bond motifs is 1. The van der Waals surface area contributed by atoms with E-state index < -0.39 is 11.6 Å². The molecule has 3 rings (SSSR count). The fourth-order valence-electron chi connectivity index (χ4n) is 1.97. The Labute approximate surface area is 122 Å². The van der Waals surface area contributed by atoms with Crippen molar-refractivity contribution in [3.8, 4) is 0 Å². The number of hydrogen-bond donors (Lipinski definition) is 1. The van der Waals surface area contributed by atoms with E-state index in [2.05, 4.69) is 26.2 Å². The maximum atomic E-state index is 13.7. The summed E-state index contributed by atoms with van der Waals surface area (Å²) in [5.41, 5.74) is 1.72. The quantitative estimate of drug-likeness (QED) is 0.711. The highest BCUT2D eigenvalue weighted by atomic mass is 79.9. The molecule has 0 amide bonds. The van der Waals surface area contributed by atoms with Crippen LogP contribution in [0.1, 0.15) is 0 Å². The van der Waals surface area contributed by atoms with Gasteiger partial charge in [-0.3, -0.25) is 4.98 Å². The number of rotatable bonds is 2. The minimum absolute atomic E-state index is 0.224. The van der Waals surface area contributed by atoms with Gasteiger partial charge in [0.2, 0.25) is 0 Å². The van der Waals surface area contributed by atoms with Crippen molar-refractivity contribution in [2.45, 2.75) is 0 Å². The van der Waals surface area contributed by atoms with E-state index in [1.807, 2.05) is 18.2 Å². The molecule has 0 bridgehead atoms. The topological polar surface area (TPSA) is 24.9 Å². The van der Waals surface area contributed by atoms with Gasteiger partial charge in [-0.15, -0.1) is 0 Å². The van der Waals surface area contributed by atoms with Gasteiger partial charge in [0.25, 0.3) is 0 Å². The highest BCUT2D eigenvalue weighted by Crippen LogP contribution is 2.28. The first-order valence-electron chi connectivity index (χ1n) is 5.90. The third-order valence-electron chi connectivity index (χ3n) is 2.91. The highest BCUT2D eigenvalue weighted by Gasteiger charge is 2.07. The van der Waals surface area contributed by atoms with E-state index >= 15 is 0 Å². The van der Waals surface area contributed by atoms with E-state index in [0.29, 0.717) is 5.69 Å². The fourth-order valence-corrected chi connectivity index (χ4v) is 2.32. The summed E-state index contributed by atoms with van der Waals surface area (Å²) in [6.07, 6.45) is 1.64. The van der Waals surface area contributed by atoms with E-state index in [0.717, 1.165) is 21.4 Å². The second kappa shape index (κ2) is 5.17. The SMILES string of the molecule is Fc1ccc(Nc2ccnc3cc(Br)ccc23)c(F)c1. The van der Waals surface area contributed by atoms with E-state index in [4.69, 9.17) is 0 Å². The molecule has 2 nitrogen and oxygen atoms in total. The van der Waals surface area contributed by atoms with Crippen LogP contribution in [-0.2, 0) is 0 Å². The molecule has 100 valence electrons. The molecule has 5 heteroatoms. The smallest absolute Gasteiger partial charge is 0.149 e. The van der Waals surface area contributed by atoms with Crippen molar-refractivity contribution in [1.82, 2.24) is 4.98 Å². The Morgan fingerprint density at radius 1 is 0.950 bits per heavy atom. The molecule has 2 aromatic carbocycles. The lowest BCUT2D eigenvalue weighted by Gasteiger charge is -2.10. The van der Waals surface area contributed by atoms with Crippen molar-refractivity contribution < 1.29 is 8.78 Å². The molecule has 0 saturated carbocycles. The zero-order valence-electron chi connectivity index (χ0n) is 10.2. The second-order valence-electron chi connectivity index (χ2n) is 4.27. The summed E-state index contributed by atoms with van der Waals surface area (Å²) in [7, 11) is 0. The number of halogens is 3. The van der Waals surface area contributed by atoms with Crippen molar-refractivity contribution in [2.75, 3.05) is 5.32 Å². The Balaban J connectivity index is 2.06. The van der Waals surface area contributed by atoms with Gasteiger partial charge in [0, 0.05) is 27.8 Å². The molecular formula is C15H9BrF2N2. The summed E-state index contributed by atoms with van der Waals surface area (Å²) in [5.74, 6) is -1.23. The van der Waals surface area contributed by atoms with Crippen molar-refractivity contribution >= 4 is 38.2 Å². The Hall–Kier alpha value is -2.01. The molecule has 1 heterocycles. The van der Waals surface area contributed by atoms with Crippen LogP contribution in [0.15, 0.2) is 53.1 Å². The van der Waals surface area contributed by atoms with Crippen LogP contribution >= 0.6 is 15.9 Å². The molecule has 20 heavy (non-hydrogen) atoms. The van der Waals surface area contributed by atoms with Crippen LogP contribution in [-0.4, -0.2) is 4.98 Å². The minimum atomic E-state index is -0.632. The van der Waals surface area contributed by atoms with Crippen molar-refractivity contribution in [3.63, 3.8) is 0 Å². The predicted octanol–water partition coefficient (Wildman–Crippen LogP) is 5.02. The predicted molar refractivity (Wildman–Crippen MR) is 79.1 cm³/mol. The van der Waals surface area contributed by atoms with Crippen LogP contribution in [0.4, 0.5) is 20.2 Å². The third kappa shape index (κ3) is 2.49. The molecule has 0 fully saturated rings. The largest absolute Gasteiger partial charge is 0.353 e. The number of nitrogens with one attached hydrogen (secondary N) is 1. The summed E-state index contributed by atoms with van der Waals surface area (Å²) < 4.78 is 27.5. The number of benzene rings is 2. The number of pyridine rings is 1. The average molecular weight is 335 g/mol. The molecule has 0 saturated heterocycles. The Morgan fingerprint density at radius 3 is 2.60 bits per heavy atom. The Kier molecular flexibility index (Phi) is 3.36. The fraction of sp³-hybridized carbons (Fsp3) is 0. The molecule has 0 aliphatic heterocycles. The van der Waals surface area contributed by atoms with Gasteiger partial charge in [-0.1, -0.05) is 15.9 Å². The zero-order valence-corrected chi connectivity index (χ0v) is 11.8. The molecule has 0 spiro atoms. The van der Waals surface area contributed by atoms with Gasteiger partial charge < -0.3 is 5.32 Å². The lowest BCUT2D eigenvalue weighted by molar-refractivity contribution is 0.586. The maximum Gasteiger partial charge on any atom is 0.149 e. The van der Waals surface area contributed by atoms with Crippen LogP contribution in [0.25, 0.3) is 10.9 Å². The Morgan fingerprint density at radius 2 is 1.80 bits per heavy atom. The molecule has 0 aliphatic rings. The first-order valence-corrected chi connectivity index (χ1v) is 6.69. The molecule has 0 aliphatic carbocycles. The van der Waals surface area contributed by atoms with Crippen molar-refractivity contribution in [2.24, 2.45) is 0 Å². The molecule has 1 N–H and O–H groups in total. The van der Waals surface area contributed by atoms with Gasteiger partial charge in [-0.2, -0.15) is 0 Å². The van der Waals surface area contributed by atoms with E-state index in [9.17, 15) is 8.78 Å². The number of nitrogens with zero attached hydrogens (tertiary/aromatic N) is 1. The van der Waals surface area contributed by atoms with E-state index in [1.54, 1.807) is 12.3 Å². The minimum Gasteiger partial charge on any atom is -0.353 e. The Bertz CT molecular complexity index is 790. The van der Waals surface area contributed by atoms with Crippen LogP contribution in [0.3, 0.4) is 0 Å². The summed E-state index contributed by atoms with van der Waals surface area (Å²) in [4.78, 5) is 4.26. The highest BCUT2D eigenvalue weighted by molar-refractivity contribution is 9.10. The summed E-state index contributed by atoms with van der Waals surface area (Å²) in [6, 6.07) is 10.8. The van der Waals surface area contributed by atoms with Gasteiger partial charge in [-0.05, 0) is 36.4 Å². The number of anilines is 2. The normalized spacial score (nSPS) is 10.8. The summed E-state index contributed by atoms with van der Waals surface area (Å²) in [5, 5.41) is 3.83. The van der Waals surface area contributed by atoms with Gasteiger partial charge in [-0.25, -0.2) is 8.78 Å². The number of hydrogen-bond acceptors (Lipinski definition) is 2. The van der Waals surface area contributed by atoms with Gasteiger partial charge in [0.1, 0.15) is 11.6 Å². The molecule has 1 aromatic heterocycles. The van der Waals surface area contributed by atoms with E-state index in [-0.39, 0.29) is 5.69 Å². The number of aromatic nitrogens is 1. The second-order valence-corrected chi connectivity index (χ2v) is 5.18. The van der Waals surface area contributed by atoms with Crippen LogP contribution < -0.4 is 5.32 Å². The molecule has 0 radical (unpaired) electrons. The van der Waals surface area contributed by atoms with Gasteiger partial charge >= 0.3 is 0 Å². The standard InChI is InChI=1S/C15H9BrF2N2/c16-9-1-3-11-13(5-6-19-15(11)7-9)20-14-4-2-10(17)8-12(14)18/h1-8H,(H,19,20). The van der Waals surface area contributed by atoms with E-state index in [1.165, 1.54) is 12.1 Å².